The van der Waals surface area contributed by atoms with Crippen LogP contribution in [0, 0.1) is 0 Å². The third-order valence-electron chi connectivity index (χ3n) is 3.37. The standard InChI is InChI=1S/C18H13F3N4O/c19-18(20,21)12-5-4-8-14(11-12)24-17-22-10-9-15(25-17)16(26)23-13-6-2-1-3-7-13/h1-11H,(H,23,26)(H,22,24,25). The van der Waals surface area contributed by atoms with E-state index in [0.717, 1.165) is 12.1 Å². The zero-order chi connectivity index (χ0) is 18.6. The smallest absolute Gasteiger partial charge is 0.324 e. The third kappa shape index (κ3) is 4.35. The molecule has 132 valence electrons. The fourth-order valence-corrected chi connectivity index (χ4v) is 2.16. The van der Waals surface area contributed by atoms with Gasteiger partial charge in [-0.15, -0.1) is 0 Å². The van der Waals surface area contributed by atoms with E-state index in [2.05, 4.69) is 20.6 Å². The topological polar surface area (TPSA) is 66.9 Å². The number of hydrogen-bond acceptors (Lipinski definition) is 4. The molecule has 0 spiro atoms. The van der Waals surface area contributed by atoms with Crippen LogP contribution in [0.15, 0.2) is 66.9 Å². The van der Waals surface area contributed by atoms with Crippen LogP contribution in [0.4, 0.5) is 30.5 Å². The Balaban J connectivity index is 1.76. The van der Waals surface area contributed by atoms with E-state index in [1.54, 1.807) is 24.3 Å². The van der Waals surface area contributed by atoms with Crippen LogP contribution in [0.1, 0.15) is 16.1 Å². The SMILES string of the molecule is O=C(Nc1ccccc1)c1ccnc(Nc2cccc(C(F)(F)F)c2)n1. The molecule has 0 aliphatic carbocycles. The van der Waals surface area contributed by atoms with Gasteiger partial charge in [0.2, 0.25) is 5.95 Å². The molecule has 0 radical (unpaired) electrons. The van der Waals surface area contributed by atoms with Gasteiger partial charge in [0.05, 0.1) is 5.56 Å². The van der Waals surface area contributed by atoms with Crippen LogP contribution in [0.25, 0.3) is 0 Å². The number of halogens is 3. The van der Waals surface area contributed by atoms with Gasteiger partial charge in [-0.3, -0.25) is 4.79 Å². The van der Waals surface area contributed by atoms with Gasteiger partial charge in [0.25, 0.3) is 5.91 Å². The number of aromatic nitrogens is 2. The largest absolute Gasteiger partial charge is 0.416 e. The highest BCUT2D eigenvalue weighted by Gasteiger charge is 2.30. The van der Waals surface area contributed by atoms with E-state index in [1.807, 2.05) is 6.07 Å². The Morgan fingerprint density at radius 3 is 2.38 bits per heavy atom. The summed E-state index contributed by atoms with van der Waals surface area (Å²) in [5, 5.41) is 5.35. The highest BCUT2D eigenvalue weighted by Crippen LogP contribution is 2.31. The van der Waals surface area contributed by atoms with Crippen LogP contribution < -0.4 is 10.6 Å². The molecule has 0 saturated heterocycles. The average molecular weight is 358 g/mol. The second-order valence-electron chi connectivity index (χ2n) is 5.29. The summed E-state index contributed by atoms with van der Waals surface area (Å²) in [6.07, 6.45) is -3.10. The maximum absolute atomic E-state index is 12.8. The first-order valence-electron chi connectivity index (χ1n) is 7.55. The van der Waals surface area contributed by atoms with Gasteiger partial charge in [-0.05, 0) is 36.4 Å². The fraction of sp³-hybridized carbons (Fsp3) is 0.0556. The van der Waals surface area contributed by atoms with Crippen LogP contribution in [-0.4, -0.2) is 15.9 Å². The van der Waals surface area contributed by atoms with Gasteiger partial charge in [-0.25, -0.2) is 9.97 Å². The van der Waals surface area contributed by atoms with E-state index in [-0.39, 0.29) is 17.3 Å². The van der Waals surface area contributed by atoms with Gasteiger partial charge in [0, 0.05) is 17.6 Å². The van der Waals surface area contributed by atoms with Crippen LogP contribution >= 0.6 is 0 Å². The number of carbonyl (C=O) groups excluding carboxylic acids is 1. The van der Waals surface area contributed by atoms with Crippen molar-refractivity contribution < 1.29 is 18.0 Å². The molecule has 0 bridgehead atoms. The Labute approximate surface area is 146 Å². The number of benzene rings is 2. The van der Waals surface area contributed by atoms with E-state index in [0.29, 0.717) is 5.69 Å². The molecule has 0 fully saturated rings. The van der Waals surface area contributed by atoms with Crippen molar-refractivity contribution >= 4 is 23.2 Å². The first kappa shape index (κ1) is 17.4. The fourth-order valence-electron chi connectivity index (χ4n) is 2.16. The Kier molecular flexibility index (Phi) is 4.83. The number of hydrogen-bond donors (Lipinski definition) is 2. The van der Waals surface area contributed by atoms with Gasteiger partial charge in [-0.1, -0.05) is 24.3 Å². The van der Waals surface area contributed by atoms with Crippen LogP contribution in [0.2, 0.25) is 0 Å². The van der Waals surface area contributed by atoms with E-state index >= 15 is 0 Å². The summed E-state index contributed by atoms with van der Waals surface area (Å²) in [5.74, 6) is -0.435. The minimum absolute atomic E-state index is 0.0186. The molecule has 1 aromatic heterocycles. The lowest BCUT2D eigenvalue weighted by Gasteiger charge is -2.10. The molecule has 0 atom stereocenters. The van der Waals surface area contributed by atoms with Crippen molar-refractivity contribution in [2.24, 2.45) is 0 Å². The van der Waals surface area contributed by atoms with Gasteiger partial charge < -0.3 is 10.6 Å². The summed E-state index contributed by atoms with van der Waals surface area (Å²) in [6, 6.07) is 14.9. The predicted molar refractivity (Wildman–Crippen MR) is 91.2 cm³/mol. The van der Waals surface area contributed by atoms with E-state index in [4.69, 9.17) is 0 Å². The molecule has 0 aliphatic rings. The zero-order valence-corrected chi connectivity index (χ0v) is 13.3. The third-order valence-corrected chi connectivity index (χ3v) is 3.37. The summed E-state index contributed by atoms with van der Waals surface area (Å²) in [5.41, 5.74) is 0.0581. The molecule has 2 N–H and O–H groups in total. The van der Waals surface area contributed by atoms with E-state index in [1.165, 1.54) is 24.4 Å². The number of para-hydroxylation sites is 1. The van der Waals surface area contributed by atoms with Gasteiger partial charge in [0.15, 0.2) is 0 Å². The second kappa shape index (κ2) is 7.22. The van der Waals surface area contributed by atoms with Crippen molar-refractivity contribution in [3.8, 4) is 0 Å². The summed E-state index contributed by atoms with van der Waals surface area (Å²) in [6.45, 7) is 0. The minimum atomic E-state index is -4.45. The van der Waals surface area contributed by atoms with Crippen LogP contribution in [0.3, 0.4) is 0 Å². The molecular formula is C18H13F3N4O. The normalized spacial score (nSPS) is 11.0. The minimum Gasteiger partial charge on any atom is -0.324 e. The monoisotopic (exact) mass is 358 g/mol. The summed E-state index contributed by atoms with van der Waals surface area (Å²) in [4.78, 5) is 20.2. The van der Waals surface area contributed by atoms with Crippen molar-refractivity contribution in [1.82, 2.24) is 9.97 Å². The lowest BCUT2D eigenvalue weighted by molar-refractivity contribution is -0.137. The molecule has 5 nitrogen and oxygen atoms in total. The molecule has 0 unspecified atom stereocenters. The van der Waals surface area contributed by atoms with Crippen LogP contribution in [-0.2, 0) is 6.18 Å². The maximum Gasteiger partial charge on any atom is 0.416 e. The van der Waals surface area contributed by atoms with Crippen molar-refractivity contribution in [3.05, 3.63) is 78.1 Å². The first-order chi connectivity index (χ1) is 12.4. The number of amides is 1. The van der Waals surface area contributed by atoms with Crippen molar-refractivity contribution in [2.45, 2.75) is 6.18 Å². The molecule has 8 heteroatoms. The van der Waals surface area contributed by atoms with Crippen LogP contribution in [0.5, 0.6) is 0 Å². The summed E-state index contributed by atoms with van der Waals surface area (Å²) < 4.78 is 38.3. The summed E-state index contributed by atoms with van der Waals surface area (Å²) in [7, 11) is 0. The molecule has 0 saturated carbocycles. The quantitative estimate of drug-likeness (QED) is 0.721. The average Bonchev–Trinajstić information content (AvgIpc) is 2.62. The summed E-state index contributed by atoms with van der Waals surface area (Å²) >= 11 is 0. The Morgan fingerprint density at radius 1 is 0.923 bits per heavy atom. The number of anilines is 3. The number of nitrogens with one attached hydrogen (secondary N) is 2. The molecule has 1 heterocycles. The van der Waals surface area contributed by atoms with Crippen molar-refractivity contribution in [2.75, 3.05) is 10.6 Å². The van der Waals surface area contributed by atoms with Gasteiger partial charge >= 0.3 is 6.18 Å². The van der Waals surface area contributed by atoms with Gasteiger partial charge in [0.1, 0.15) is 5.69 Å². The number of carbonyl (C=O) groups is 1. The second-order valence-corrected chi connectivity index (χ2v) is 5.29. The number of alkyl halides is 3. The Morgan fingerprint density at radius 2 is 1.65 bits per heavy atom. The Bertz CT molecular complexity index is 914. The first-order valence-corrected chi connectivity index (χ1v) is 7.55. The molecule has 3 rings (SSSR count). The maximum atomic E-state index is 12.8. The highest BCUT2D eigenvalue weighted by atomic mass is 19.4. The molecular weight excluding hydrogens is 345 g/mol. The lowest BCUT2D eigenvalue weighted by Crippen LogP contribution is -2.14. The van der Waals surface area contributed by atoms with E-state index < -0.39 is 17.6 Å². The molecule has 26 heavy (non-hydrogen) atoms. The predicted octanol–water partition coefficient (Wildman–Crippen LogP) is 4.49. The molecule has 3 aromatic rings. The number of nitrogens with zero attached hydrogens (tertiary/aromatic N) is 2. The zero-order valence-electron chi connectivity index (χ0n) is 13.3. The lowest BCUT2D eigenvalue weighted by atomic mass is 10.2. The Hall–Kier alpha value is -3.42. The molecule has 2 aromatic carbocycles. The number of rotatable bonds is 4. The van der Waals surface area contributed by atoms with Crippen molar-refractivity contribution in [1.29, 1.82) is 0 Å². The molecule has 1 amide bonds. The highest BCUT2D eigenvalue weighted by molar-refractivity contribution is 6.02. The van der Waals surface area contributed by atoms with Gasteiger partial charge in [-0.2, -0.15) is 13.2 Å². The molecule has 0 aliphatic heterocycles. The van der Waals surface area contributed by atoms with E-state index in [9.17, 15) is 18.0 Å². The van der Waals surface area contributed by atoms with Crippen molar-refractivity contribution in [3.63, 3.8) is 0 Å².